The number of rotatable bonds is 5. The number of benzene rings is 2. The van der Waals surface area contributed by atoms with E-state index in [0.717, 1.165) is 4.90 Å². The fourth-order valence-electron chi connectivity index (χ4n) is 3.12. The largest absolute Gasteiger partial charge is 0.442 e. The van der Waals surface area contributed by atoms with E-state index in [2.05, 4.69) is 20.8 Å². The minimum absolute atomic E-state index is 0.0680. The molecule has 166 valence electrons. The number of nitrogens with one attached hydrogen (secondary N) is 2. The van der Waals surface area contributed by atoms with Crippen LogP contribution in [-0.4, -0.2) is 48.5 Å². The van der Waals surface area contributed by atoms with Crippen molar-refractivity contribution in [2.45, 2.75) is 6.10 Å². The molecule has 0 aliphatic carbocycles. The first kappa shape index (κ1) is 21.2. The highest BCUT2D eigenvalue weighted by molar-refractivity contribution is 5.90. The van der Waals surface area contributed by atoms with Gasteiger partial charge < -0.3 is 19.9 Å². The van der Waals surface area contributed by atoms with Crippen LogP contribution < -0.4 is 15.5 Å². The third-order valence-corrected chi connectivity index (χ3v) is 4.69. The Morgan fingerprint density at radius 1 is 1.22 bits per heavy atom. The highest BCUT2D eigenvalue weighted by Crippen LogP contribution is 2.35. The Kier molecular flexibility index (Phi) is 5.67. The fraction of sp³-hybridized carbons (Fsp3) is 0.200. The quantitative estimate of drug-likeness (QED) is 0.582. The van der Waals surface area contributed by atoms with Crippen molar-refractivity contribution < 1.29 is 32.0 Å². The van der Waals surface area contributed by atoms with Gasteiger partial charge in [0.15, 0.2) is 11.6 Å². The zero-order valence-electron chi connectivity index (χ0n) is 16.6. The Labute approximate surface area is 179 Å². The number of ether oxygens (including phenoxy) is 1. The van der Waals surface area contributed by atoms with E-state index in [1.54, 1.807) is 30.3 Å². The summed E-state index contributed by atoms with van der Waals surface area (Å²) >= 11 is 0. The minimum Gasteiger partial charge on any atom is -0.442 e. The average molecular weight is 447 g/mol. The topological polar surface area (TPSA) is 110 Å². The van der Waals surface area contributed by atoms with Crippen LogP contribution in [0, 0.1) is 17.5 Å². The maximum absolute atomic E-state index is 14.8. The number of aromatic nitrogens is 2. The molecular weight excluding hydrogens is 431 g/mol. The molecule has 1 unspecified atom stereocenters. The third-order valence-electron chi connectivity index (χ3n) is 4.69. The monoisotopic (exact) mass is 447 g/mol. The van der Waals surface area contributed by atoms with Gasteiger partial charge in [0, 0.05) is 18.7 Å². The van der Waals surface area contributed by atoms with Crippen LogP contribution in [0.25, 0.3) is 22.8 Å². The summed E-state index contributed by atoms with van der Waals surface area (Å²) in [5.41, 5.74) is -0.970. The standard InChI is InChI=1S/C20H16F3N5O4/c1-24-19(29)25-8-11-9-28(20(30)31-11)13-7-12(21)14(16(23)15(13)22)18-26-17(27-32-18)10-5-3-2-4-6-10/h2-7,11H,8-9H2,1H3,(H2,24,25,29). The lowest BCUT2D eigenvalue weighted by Crippen LogP contribution is -2.39. The zero-order valence-corrected chi connectivity index (χ0v) is 16.6. The van der Waals surface area contributed by atoms with Gasteiger partial charge in [0.1, 0.15) is 17.5 Å². The van der Waals surface area contributed by atoms with Gasteiger partial charge in [0.25, 0.3) is 5.89 Å². The third kappa shape index (κ3) is 3.94. The number of hydrogen-bond donors (Lipinski definition) is 2. The predicted octanol–water partition coefficient (Wildman–Crippen LogP) is 3.08. The summed E-state index contributed by atoms with van der Waals surface area (Å²) in [6, 6.07) is 8.66. The first-order chi connectivity index (χ1) is 15.4. The number of anilines is 1. The van der Waals surface area contributed by atoms with Gasteiger partial charge in [-0.25, -0.2) is 22.8 Å². The molecule has 0 bridgehead atoms. The van der Waals surface area contributed by atoms with Gasteiger partial charge in [-0.3, -0.25) is 4.90 Å². The lowest BCUT2D eigenvalue weighted by molar-refractivity contribution is 0.140. The van der Waals surface area contributed by atoms with Crippen LogP contribution in [0.5, 0.6) is 0 Å². The van der Waals surface area contributed by atoms with Crippen molar-refractivity contribution in [2.24, 2.45) is 0 Å². The number of nitrogens with zero attached hydrogens (tertiary/aromatic N) is 3. The molecule has 0 saturated carbocycles. The number of carbonyl (C=O) groups excluding carboxylic acids is 2. The van der Waals surface area contributed by atoms with E-state index in [-0.39, 0.29) is 18.9 Å². The minimum atomic E-state index is -1.59. The van der Waals surface area contributed by atoms with Gasteiger partial charge in [-0.05, 0) is 0 Å². The first-order valence-corrected chi connectivity index (χ1v) is 9.39. The summed E-state index contributed by atoms with van der Waals surface area (Å²) in [4.78, 5) is 28.0. The molecule has 4 rings (SSSR count). The average Bonchev–Trinajstić information content (AvgIpc) is 3.42. The van der Waals surface area contributed by atoms with Crippen molar-refractivity contribution in [1.29, 1.82) is 0 Å². The van der Waals surface area contributed by atoms with E-state index in [4.69, 9.17) is 9.26 Å². The Morgan fingerprint density at radius 3 is 2.69 bits per heavy atom. The van der Waals surface area contributed by atoms with E-state index >= 15 is 0 Å². The van der Waals surface area contributed by atoms with Gasteiger partial charge in [0.05, 0.1) is 18.8 Å². The SMILES string of the molecule is CNC(=O)NCC1CN(c2cc(F)c(-c3nc(-c4ccccc4)no3)c(F)c2F)C(=O)O1. The summed E-state index contributed by atoms with van der Waals surface area (Å²) < 4.78 is 54.4. The molecule has 32 heavy (non-hydrogen) atoms. The molecule has 0 spiro atoms. The van der Waals surface area contributed by atoms with E-state index in [1.807, 2.05) is 0 Å². The molecule has 3 aromatic rings. The molecule has 0 radical (unpaired) electrons. The van der Waals surface area contributed by atoms with Gasteiger partial charge >= 0.3 is 12.1 Å². The number of amides is 3. The van der Waals surface area contributed by atoms with Crippen LogP contribution in [0.4, 0.5) is 28.4 Å². The predicted molar refractivity (Wildman–Crippen MR) is 105 cm³/mol. The van der Waals surface area contributed by atoms with Crippen LogP contribution in [0.1, 0.15) is 0 Å². The van der Waals surface area contributed by atoms with E-state index < -0.39 is 52.8 Å². The molecule has 1 saturated heterocycles. The van der Waals surface area contributed by atoms with E-state index in [0.29, 0.717) is 11.6 Å². The molecule has 1 fully saturated rings. The summed E-state index contributed by atoms with van der Waals surface area (Å²) in [6.07, 6.45) is -1.85. The Balaban J connectivity index is 1.61. The molecular formula is C20H16F3N5O4. The number of halogens is 3. The molecule has 9 nitrogen and oxygen atoms in total. The van der Waals surface area contributed by atoms with Crippen molar-refractivity contribution in [2.75, 3.05) is 25.0 Å². The van der Waals surface area contributed by atoms with Crippen molar-refractivity contribution in [3.8, 4) is 22.8 Å². The summed E-state index contributed by atoms with van der Waals surface area (Å²) in [5.74, 6) is -4.78. The second kappa shape index (κ2) is 8.57. The smallest absolute Gasteiger partial charge is 0.414 e. The molecule has 3 amide bonds. The molecule has 1 aromatic heterocycles. The maximum Gasteiger partial charge on any atom is 0.414 e. The zero-order chi connectivity index (χ0) is 22.8. The maximum atomic E-state index is 14.8. The van der Waals surface area contributed by atoms with E-state index in [9.17, 15) is 22.8 Å². The molecule has 1 atom stereocenters. The molecule has 2 heterocycles. The van der Waals surface area contributed by atoms with Crippen molar-refractivity contribution in [3.63, 3.8) is 0 Å². The van der Waals surface area contributed by atoms with Crippen LogP contribution in [0.2, 0.25) is 0 Å². The lowest BCUT2D eigenvalue weighted by atomic mass is 10.1. The molecule has 1 aliphatic rings. The first-order valence-electron chi connectivity index (χ1n) is 9.39. The number of carbonyl (C=O) groups is 2. The van der Waals surface area contributed by atoms with Crippen molar-refractivity contribution in [3.05, 3.63) is 53.8 Å². The molecule has 1 aliphatic heterocycles. The molecule has 2 N–H and O–H groups in total. The second-order valence-electron chi connectivity index (χ2n) is 6.75. The summed E-state index contributed by atoms with van der Waals surface area (Å²) in [5, 5.41) is 8.42. The van der Waals surface area contributed by atoms with Gasteiger partial charge in [-0.1, -0.05) is 35.5 Å². The number of cyclic esters (lactones) is 1. The fourth-order valence-corrected chi connectivity index (χ4v) is 3.12. The summed E-state index contributed by atoms with van der Waals surface area (Å²) in [7, 11) is 1.40. The van der Waals surface area contributed by atoms with Crippen LogP contribution in [0.3, 0.4) is 0 Å². The number of urea groups is 1. The van der Waals surface area contributed by atoms with E-state index in [1.165, 1.54) is 7.05 Å². The normalized spacial score (nSPS) is 15.6. The second-order valence-corrected chi connectivity index (χ2v) is 6.75. The summed E-state index contributed by atoms with van der Waals surface area (Å²) in [6.45, 7) is -0.298. The van der Waals surface area contributed by atoms with Gasteiger partial charge in [0.2, 0.25) is 5.82 Å². The highest BCUT2D eigenvalue weighted by Gasteiger charge is 2.36. The number of hydrogen-bond acceptors (Lipinski definition) is 6. The highest BCUT2D eigenvalue weighted by atomic mass is 19.2. The van der Waals surface area contributed by atoms with Crippen LogP contribution in [-0.2, 0) is 4.74 Å². The van der Waals surface area contributed by atoms with Crippen LogP contribution in [0.15, 0.2) is 40.9 Å². The molecule has 12 heteroatoms. The van der Waals surface area contributed by atoms with Crippen molar-refractivity contribution >= 4 is 17.8 Å². The van der Waals surface area contributed by atoms with Crippen LogP contribution >= 0.6 is 0 Å². The Bertz CT molecular complexity index is 1170. The van der Waals surface area contributed by atoms with Gasteiger partial charge in [-0.15, -0.1) is 0 Å². The van der Waals surface area contributed by atoms with Crippen molar-refractivity contribution in [1.82, 2.24) is 20.8 Å². The lowest BCUT2D eigenvalue weighted by Gasteiger charge is -2.15. The van der Waals surface area contributed by atoms with Gasteiger partial charge in [-0.2, -0.15) is 4.98 Å². The molecule has 2 aromatic carbocycles. The Morgan fingerprint density at radius 2 is 1.97 bits per heavy atom. The Hall–Kier alpha value is -4.09.